The first-order chi connectivity index (χ1) is 10.3. The topological polar surface area (TPSA) is 37.3 Å². The largest absolute Gasteiger partial charge is 0.481 e. The highest BCUT2D eigenvalue weighted by Crippen LogP contribution is 2.63. The fraction of sp³-hybridized carbons (Fsp3) is 0.750. The minimum absolute atomic E-state index is 0.139. The van der Waals surface area contributed by atoms with Crippen LogP contribution in [0.2, 0.25) is 0 Å². The van der Waals surface area contributed by atoms with Crippen LogP contribution in [0.4, 0.5) is 0 Å². The van der Waals surface area contributed by atoms with Gasteiger partial charge in [0.2, 0.25) is 0 Å². The molecule has 22 heavy (non-hydrogen) atoms. The van der Waals surface area contributed by atoms with Gasteiger partial charge < -0.3 is 5.11 Å². The maximum absolute atomic E-state index is 12.0. The van der Waals surface area contributed by atoms with Crippen LogP contribution in [0.3, 0.4) is 0 Å². The second kappa shape index (κ2) is 4.97. The normalized spacial score (nSPS) is 47.9. The van der Waals surface area contributed by atoms with Crippen molar-refractivity contribution in [1.82, 2.24) is 0 Å². The van der Waals surface area contributed by atoms with Gasteiger partial charge in [0.15, 0.2) is 0 Å². The lowest BCUT2D eigenvalue weighted by atomic mass is 9.45. The Labute approximate surface area is 134 Å². The Morgan fingerprint density at radius 2 is 2.00 bits per heavy atom. The smallest absolute Gasteiger partial charge is 0.309 e. The highest BCUT2D eigenvalue weighted by atomic mass is 16.4. The predicted molar refractivity (Wildman–Crippen MR) is 89.5 cm³/mol. The van der Waals surface area contributed by atoms with Crippen LogP contribution in [-0.2, 0) is 4.79 Å². The Hall–Kier alpha value is -1.05. The van der Waals surface area contributed by atoms with E-state index in [1.807, 2.05) is 6.92 Å². The number of allylic oxidation sites excluding steroid dienone is 3. The molecule has 2 fully saturated rings. The van der Waals surface area contributed by atoms with Gasteiger partial charge in [0.1, 0.15) is 0 Å². The average molecular weight is 302 g/mol. The number of carboxylic acids is 1. The van der Waals surface area contributed by atoms with Crippen LogP contribution in [0, 0.1) is 28.1 Å². The van der Waals surface area contributed by atoms with Gasteiger partial charge in [-0.3, -0.25) is 4.79 Å². The molecule has 0 spiro atoms. The third-order valence-corrected chi connectivity index (χ3v) is 7.38. The van der Waals surface area contributed by atoms with E-state index in [-0.39, 0.29) is 10.8 Å². The lowest BCUT2D eigenvalue weighted by molar-refractivity contribution is -0.164. The van der Waals surface area contributed by atoms with Gasteiger partial charge in [-0.05, 0) is 62.7 Å². The molecule has 0 aromatic rings. The lowest BCUT2D eigenvalue weighted by Crippen LogP contribution is -2.54. The van der Waals surface area contributed by atoms with Gasteiger partial charge in [0.05, 0.1) is 5.41 Å². The van der Waals surface area contributed by atoms with Crippen LogP contribution >= 0.6 is 0 Å². The number of carboxylic acid groups (broad SMARTS) is 1. The van der Waals surface area contributed by atoms with Crippen molar-refractivity contribution >= 4 is 5.97 Å². The van der Waals surface area contributed by atoms with Crippen LogP contribution in [-0.4, -0.2) is 11.1 Å². The summed E-state index contributed by atoms with van der Waals surface area (Å²) in [7, 11) is 0. The van der Waals surface area contributed by atoms with Crippen molar-refractivity contribution in [3.63, 3.8) is 0 Å². The summed E-state index contributed by atoms with van der Waals surface area (Å²) in [5.74, 6) is 0.322. The van der Waals surface area contributed by atoms with Gasteiger partial charge in [0, 0.05) is 5.41 Å². The summed E-state index contributed by atoms with van der Waals surface area (Å²) in [6.45, 7) is 10.7. The van der Waals surface area contributed by atoms with Gasteiger partial charge in [-0.15, -0.1) is 6.58 Å². The third kappa shape index (κ3) is 2.10. The minimum Gasteiger partial charge on any atom is -0.481 e. The molecule has 0 aromatic carbocycles. The highest BCUT2D eigenvalue weighted by molar-refractivity contribution is 5.75. The predicted octanol–water partition coefficient (Wildman–Crippen LogP) is 5.21. The van der Waals surface area contributed by atoms with Gasteiger partial charge in [-0.25, -0.2) is 0 Å². The summed E-state index contributed by atoms with van der Waals surface area (Å²) in [6.07, 6.45) is 12.1. The summed E-state index contributed by atoms with van der Waals surface area (Å²) in [5, 5.41) is 9.84. The van der Waals surface area contributed by atoms with Crippen molar-refractivity contribution in [1.29, 1.82) is 0 Å². The molecular weight excluding hydrogens is 272 g/mol. The van der Waals surface area contributed by atoms with Crippen LogP contribution in [0.15, 0.2) is 24.3 Å². The Kier molecular flexibility index (Phi) is 3.58. The molecule has 1 N–H and O–H groups in total. The van der Waals surface area contributed by atoms with E-state index in [0.29, 0.717) is 11.8 Å². The van der Waals surface area contributed by atoms with Crippen LogP contribution in [0.5, 0.6) is 0 Å². The number of hydrogen-bond donors (Lipinski definition) is 1. The molecular formula is C20H30O2. The first-order valence-corrected chi connectivity index (χ1v) is 8.84. The van der Waals surface area contributed by atoms with E-state index in [9.17, 15) is 9.90 Å². The molecule has 5 atom stereocenters. The van der Waals surface area contributed by atoms with Crippen molar-refractivity contribution in [3.8, 4) is 0 Å². The molecule has 0 heterocycles. The molecule has 0 aliphatic heterocycles. The second-order valence-corrected chi connectivity index (χ2v) is 8.69. The molecule has 2 nitrogen and oxygen atoms in total. The van der Waals surface area contributed by atoms with Gasteiger partial charge in [-0.1, -0.05) is 38.0 Å². The maximum atomic E-state index is 12.0. The fourth-order valence-corrected chi connectivity index (χ4v) is 5.94. The molecule has 2 saturated carbocycles. The summed E-state index contributed by atoms with van der Waals surface area (Å²) >= 11 is 0. The van der Waals surface area contributed by atoms with Crippen molar-refractivity contribution in [3.05, 3.63) is 24.3 Å². The van der Waals surface area contributed by atoms with Crippen molar-refractivity contribution in [2.45, 2.75) is 65.7 Å². The summed E-state index contributed by atoms with van der Waals surface area (Å²) in [4.78, 5) is 12.0. The molecule has 122 valence electrons. The van der Waals surface area contributed by atoms with Crippen LogP contribution in [0.25, 0.3) is 0 Å². The molecule has 0 saturated heterocycles. The van der Waals surface area contributed by atoms with Crippen molar-refractivity contribution in [2.75, 3.05) is 0 Å². The quantitative estimate of drug-likeness (QED) is 0.711. The summed E-state index contributed by atoms with van der Waals surface area (Å²) in [5.41, 5.74) is 1.36. The lowest BCUT2D eigenvalue weighted by Gasteiger charge is -2.59. The molecule has 0 bridgehead atoms. The Balaban J connectivity index is 1.99. The first-order valence-electron chi connectivity index (χ1n) is 8.84. The van der Waals surface area contributed by atoms with Crippen molar-refractivity contribution < 1.29 is 9.90 Å². The minimum atomic E-state index is -0.581. The zero-order chi connectivity index (χ0) is 16.2. The molecule has 0 aromatic heterocycles. The van der Waals surface area contributed by atoms with E-state index < -0.39 is 11.4 Å². The van der Waals surface area contributed by atoms with Crippen LogP contribution in [0.1, 0.15) is 65.7 Å². The molecule has 3 rings (SSSR count). The van der Waals surface area contributed by atoms with Gasteiger partial charge >= 0.3 is 5.97 Å². The summed E-state index contributed by atoms with van der Waals surface area (Å²) in [6, 6.07) is 0. The highest BCUT2D eigenvalue weighted by Gasteiger charge is 2.58. The average Bonchev–Trinajstić information content (AvgIpc) is 2.46. The first kappa shape index (κ1) is 15.8. The van der Waals surface area contributed by atoms with E-state index in [1.54, 1.807) is 5.57 Å². The van der Waals surface area contributed by atoms with Crippen molar-refractivity contribution in [2.24, 2.45) is 28.1 Å². The SMILES string of the molecule is C=C[C@]1(C)C=C2CCC3C(C)(CCC[C@@]3(C)C(=O)O)C2CC1. The number of hydrogen-bond acceptors (Lipinski definition) is 1. The Morgan fingerprint density at radius 3 is 2.64 bits per heavy atom. The molecule has 0 amide bonds. The molecule has 3 aliphatic rings. The third-order valence-electron chi connectivity index (χ3n) is 7.38. The van der Waals surface area contributed by atoms with E-state index >= 15 is 0 Å². The molecule has 2 heteroatoms. The maximum Gasteiger partial charge on any atom is 0.309 e. The van der Waals surface area contributed by atoms with Gasteiger partial charge in [0.25, 0.3) is 0 Å². The summed E-state index contributed by atoms with van der Waals surface area (Å²) < 4.78 is 0. The van der Waals surface area contributed by atoms with E-state index in [4.69, 9.17) is 0 Å². The van der Waals surface area contributed by atoms with Crippen LogP contribution < -0.4 is 0 Å². The van der Waals surface area contributed by atoms with E-state index in [1.165, 1.54) is 12.8 Å². The number of carbonyl (C=O) groups is 1. The zero-order valence-corrected chi connectivity index (χ0v) is 14.3. The molecule has 3 aliphatic carbocycles. The van der Waals surface area contributed by atoms with E-state index in [0.717, 1.165) is 32.1 Å². The Bertz CT molecular complexity index is 534. The monoisotopic (exact) mass is 302 g/mol. The fourth-order valence-electron chi connectivity index (χ4n) is 5.94. The number of fused-ring (bicyclic) bond motifs is 3. The standard InChI is InChI=1S/C20H30O2/c1-5-18(2)12-9-15-14(13-18)7-8-16-19(15,3)10-6-11-20(16,4)17(21)22/h5,13,15-16H,1,6-12H2,2-4H3,(H,21,22)/t15?,16?,18-,19?,20+/m0/s1. The molecule has 3 unspecified atom stereocenters. The van der Waals surface area contributed by atoms with E-state index in [2.05, 4.69) is 32.6 Å². The molecule has 0 radical (unpaired) electrons. The Morgan fingerprint density at radius 1 is 1.27 bits per heavy atom. The number of aliphatic carboxylic acids is 1. The zero-order valence-electron chi connectivity index (χ0n) is 14.3. The second-order valence-electron chi connectivity index (χ2n) is 8.69. The number of rotatable bonds is 2. The van der Waals surface area contributed by atoms with Gasteiger partial charge in [-0.2, -0.15) is 0 Å².